The van der Waals surface area contributed by atoms with Gasteiger partial charge >= 0.3 is 0 Å². The van der Waals surface area contributed by atoms with E-state index in [1.807, 2.05) is 6.20 Å². The van der Waals surface area contributed by atoms with Gasteiger partial charge in [0.1, 0.15) is 0 Å². The molecule has 1 heterocycles. The van der Waals surface area contributed by atoms with Gasteiger partial charge in [0.25, 0.3) is 0 Å². The van der Waals surface area contributed by atoms with Crippen LogP contribution in [-0.2, 0) is 6.42 Å². The van der Waals surface area contributed by atoms with Crippen LogP contribution >= 0.6 is 0 Å². The number of hydrogen-bond acceptors (Lipinski definition) is 2. The van der Waals surface area contributed by atoms with E-state index in [0.29, 0.717) is 0 Å². The largest absolute Gasteiger partial charge is 0.348 e. The zero-order valence-corrected chi connectivity index (χ0v) is 12.6. The van der Waals surface area contributed by atoms with E-state index in [2.05, 4.69) is 15.3 Å². The molecule has 1 aromatic rings. The zero-order chi connectivity index (χ0) is 13.6. The number of aromatic nitrogens is 2. The van der Waals surface area contributed by atoms with E-state index in [1.165, 1.54) is 63.5 Å². The van der Waals surface area contributed by atoms with Crippen LogP contribution < -0.4 is 5.32 Å². The topological polar surface area (TPSA) is 40.7 Å². The van der Waals surface area contributed by atoms with Crippen molar-refractivity contribution >= 4 is 0 Å². The zero-order valence-electron chi connectivity index (χ0n) is 12.6. The van der Waals surface area contributed by atoms with E-state index in [9.17, 15) is 0 Å². The van der Waals surface area contributed by atoms with Gasteiger partial charge in [-0.05, 0) is 24.7 Å². The van der Waals surface area contributed by atoms with Gasteiger partial charge in [0, 0.05) is 30.9 Å². The van der Waals surface area contributed by atoms with Crippen molar-refractivity contribution in [1.29, 1.82) is 0 Å². The summed E-state index contributed by atoms with van der Waals surface area (Å²) in [6, 6.07) is 0.773. The molecule has 0 radical (unpaired) electrons. The number of imidazole rings is 1. The first-order valence-electron chi connectivity index (χ1n) is 8.64. The Bertz CT molecular complexity index is 368. The second-order valence-corrected chi connectivity index (χ2v) is 6.73. The lowest BCUT2D eigenvalue weighted by Gasteiger charge is -2.39. The first-order chi connectivity index (χ1) is 9.93. The Morgan fingerprint density at radius 3 is 2.65 bits per heavy atom. The fraction of sp³-hybridized carbons (Fsp3) is 0.824. The van der Waals surface area contributed by atoms with Crippen molar-refractivity contribution in [3.05, 3.63) is 18.2 Å². The van der Waals surface area contributed by atoms with Gasteiger partial charge in [0.15, 0.2) is 0 Å². The Labute approximate surface area is 123 Å². The molecule has 2 N–H and O–H groups in total. The van der Waals surface area contributed by atoms with Crippen LogP contribution in [0.25, 0.3) is 0 Å². The van der Waals surface area contributed by atoms with Crippen molar-refractivity contribution in [1.82, 2.24) is 15.3 Å². The van der Waals surface area contributed by atoms with Gasteiger partial charge in [0.2, 0.25) is 0 Å². The molecule has 3 rings (SSSR count). The van der Waals surface area contributed by atoms with Crippen molar-refractivity contribution in [3.8, 4) is 0 Å². The van der Waals surface area contributed by atoms with Gasteiger partial charge in [-0.3, -0.25) is 0 Å². The number of H-pyrrole nitrogens is 1. The molecule has 2 aliphatic carbocycles. The van der Waals surface area contributed by atoms with E-state index in [0.717, 1.165) is 30.8 Å². The molecule has 0 aromatic carbocycles. The molecule has 112 valence electrons. The molecule has 0 aliphatic heterocycles. The highest BCUT2D eigenvalue weighted by Crippen LogP contribution is 2.38. The summed E-state index contributed by atoms with van der Waals surface area (Å²) in [7, 11) is 0. The van der Waals surface area contributed by atoms with E-state index in [1.54, 1.807) is 6.33 Å². The predicted octanol–water partition coefficient (Wildman–Crippen LogP) is 3.68. The standard InChI is InChI=1S/C17H29N3/c1-2-6-14(7-3-1)16-8-4-5-9-17(16)19-11-10-15-12-18-13-20-15/h12-14,16-17,19H,1-11H2,(H,18,20). The van der Waals surface area contributed by atoms with Crippen molar-refractivity contribution in [2.45, 2.75) is 70.3 Å². The number of rotatable bonds is 5. The molecule has 0 spiro atoms. The number of nitrogens with zero attached hydrogens (tertiary/aromatic N) is 1. The maximum atomic E-state index is 4.09. The minimum atomic E-state index is 0.773. The summed E-state index contributed by atoms with van der Waals surface area (Å²) >= 11 is 0. The summed E-state index contributed by atoms with van der Waals surface area (Å²) in [6.07, 6.45) is 17.9. The summed E-state index contributed by atoms with van der Waals surface area (Å²) in [6.45, 7) is 1.09. The molecule has 0 bridgehead atoms. The predicted molar refractivity (Wildman–Crippen MR) is 82.6 cm³/mol. The fourth-order valence-corrected chi connectivity index (χ4v) is 4.35. The van der Waals surface area contributed by atoms with Crippen LogP contribution in [0.1, 0.15) is 63.5 Å². The molecule has 0 saturated heterocycles. The molecule has 2 saturated carbocycles. The Morgan fingerprint density at radius 1 is 1.05 bits per heavy atom. The van der Waals surface area contributed by atoms with E-state index in [-0.39, 0.29) is 0 Å². The van der Waals surface area contributed by atoms with Crippen LogP contribution in [0.3, 0.4) is 0 Å². The summed E-state index contributed by atoms with van der Waals surface area (Å²) in [5, 5.41) is 3.86. The van der Waals surface area contributed by atoms with Gasteiger partial charge in [0.05, 0.1) is 6.33 Å². The Balaban J connectivity index is 1.49. The summed E-state index contributed by atoms with van der Waals surface area (Å²) in [5.41, 5.74) is 1.25. The first kappa shape index (κ1) is 14.1. The van der Waals surface area contributed by atoms with Gasteiger partial charge in [-0.2, -0.15) is 0 Å². The highest BCUT2D eigenvalue weighted by atomic mass is 14.9. The molecule has 2 atom stereocenters. The quantitative estimate of drug-likeness (QED) is 0.860. The van der Waals surface area contributed by atoms with Gasteiger partial charge < -0.3 is 10.3 Å². The Morgan fingerprint density at radius 2 is 1.85 bits per heavy atom. The van der Waals surface area contributed by atoms with Crippen molar-refractivity contribution in [2.24, 2.45) is 11.8 Å². The Hall–Kier alpha value is -0.830. The smallest absolute Gasteiger partial charge is 0.0921 e. The number of hydrogen-bond donors (Lipinski definition) is 2. The molecule has 0 amide bonds. The minimum absolute atomic E-state index is 0.773. The molecule has 20 heavy (non-hydrogen) atoms. The van der Waals surface area contributed by atoms with Crippen LogP contribution in [0.4, 0.5) is 0 Å². The highest BCUT2D eigenvalue weighted by Gasteiger charge is 2.31. The normalized spacial score (nSPS) is 28.6. The SMILES string of the molecule is c1ncc(CCNC2CCCCC2C2CCCCC2)[nH]1. The molecule has 1 aromatic heterocycles. The lowest BCUT2D eigenvalue weighted by molar-refractivity contribution is 0.150. The number of nitrogens with one attached hydrogen (secondary N) is 2. The molecule has 2 aliphatic rings. The van der Waals surface area contributed by atoms with Crippen LogP contribution in [0.15, 0.2) is 12.5 Å². The lowest BCUT2D eigenvalue weighted by Crippen LogP contribution is -2.43. The van der Waals surface area contributed by atoms with Crippen LogP contribution in [0.5, 0.6) is 0 Å². The monoisotopic (exact) mass is 275 g/mol. The number of aromatic amines is 1. The second-order valence-electron chi connectivity index (χ2n) is 6.73. The first-order valence-corrected chi connectivity index (χ1v) is 8.64. The van der Waals surface area contributed by atoms with Crippen LogP contribution in [0, 0.1) is 11.8 Å². The second kappa shape index (κ2) is 7.26. The average molecular weight is 275 g/mol. The van der Waals surface area contributed by atoms with Gasteiger partial charge in [-0.25, -0.2) is 4.98 Å². The van der Waals surface area contributed by atoms with Crippen molar-refractivity contribution in [3.63, 3.8) is 0 Å². The third-order valence-electron chi connectivity index (χ3n) is 5.43. The maximum absolute atomic E-state index is 4.09. The summed E-state index contributed by atoms with van der Waals surface area (Å²) in [5.74, 6) is 1.96. The Kier molecular flexibility index (Phi) is 5.12. The average Bonchev–Trinajstić information content (AvgIpc) is 3.02. The third kappa shape index (κ3) is 3.63. The van der Waals surface area contributed by atoms with Crippen molar-refractivity contribution < 1.29 is 0 Å². The molecular weight excluding hydrogens is 246 g/mol. The van der Waals surface area contributed by atoms with Crippen molar-refractivity contribution in [2.75, 3.05) is 6.54 Å². The molecule has 3 nitrogen and oxygen atoms in total. The summed E-state index contributed by atoms with van der Waals surface area (Å²) in [4.78, 5) is 7.29. The molecule has 3 heteroatoms. The molecule has 2 unspecified atom stereocenters. The van der Waals surface area contributed by atoms with Crippen LogP contribution in [-0.4, -0.2) is 22.6 Å². The highest BCUT2D eigenvalue weighted by molar-refractivity contribution is 4.95. The molecular formula is C17H29N3. The van der Waals surface area contributed by atoms with E-state index in [4.69, 9.17) is 0 Å². The lowest BCUT2D eigenvalue weighted by atomic mass is 9.71. The fourth-order valence-electron chi connectivity index (χ4n) is 4.35. The van der Waals surface area contributed by atoms with E-state index >= 15 is 0 Å². The third-order valence-corrected chi connectivity index (χ3v) is 5.43. The maximum Gasteiger partial charge on any atom is 0.0921 e. The van der Waals surface area contributed by atoms with E-state index < -0.39 is 0 Å². The molecule has 2 fully saturated rings. The minimum Gasteiger partial charge on any atom is -0.348 e. The van der Waals surface area contributed by atoms with Gasteiger partial charge in [-0.1, -0.05) is 44.9 Å². The van der Waals surface area contributed by atoms with Crippen LogP contribution in [0.2, 0.25) is 0 Å². The van der Waals surface area contributed by atoms with Gasteiger partial charge in [-0.15, -0.1) is 0 Å². The summed E-state index contributed by atoms with van der Waals surface area (Å²) < 4.78 is 0.